The summed E-state index contributed by atoms with van der Waals surface area (Å²) in [6.45, 7) is 12.1. The smallest absolute Gasteiger partial charge is 0.193 e. The van der Waals surface area contributed by atoms with Crippen molar-refractivity contribution in [2.75, 3.05) is 20.0 Å². The van der Waals surface area contributed by atoms with Crippen LogP contribution in [0.4, 0.5) is 0 Å². The molecule has 3 N–H and O–H groups in total. The lowest BCUT2D eigenvalue weighted by atomic mass is 9.54. The average Bonchev–Trinajstić information content (AvgIpc) is 3.40. The van der Waals surface area contributed by atoms with Crippen LogP contribution in [-0.2, 0) is 23.7 Å². The van der Waals surface area contributed by atoms with Crippen molar-refractivity contribution in [3.63, 3.8) is 0 Å². The van der Waals surface area contributed by atoms with Gasteiger partial charge in [0.1, 0.15) is 36.3 Å². The standard InChI is InChI=1S/C30H46O8/c1-6-7-8-9-10-11-12-13-36-30-20(5)15-27(18(2)3)24(35-17-37-27)22(30)25-28(16-31,38-25)26(33)29(34)21(30)14-19(4)23(29)32/h14,20-22,24-26,31,33-34H,2,6-13,15-17H2,1,3-5H3/t20-,21+,22+,24+,25-,26+,27+,28-,29+,30+/m0/s1. The van der Waals surface area contributed by atoms with E-state index in [9.17, 15) is 20.1 Å². The lowest BCUT2D eigenvalue weighted by Gasteiger charge is -2.58. The molecule has 0 amide bonds. The van der Waals surface area contributed by atoms with Gasteiger partial charge in [-0.1, -0.05) is 65.0 Å². The Labute approximate surface area is 226 Å². The minimum Gasteiger partial charge on any atom is -0.393 e. The summed E-state index contributed by atoms with van der Waals surface area (Å²) in [5, 5.41) is 34.3. The molecule has 38 heavy (non-hydrogen) atoms. The van der Waals surface area contributed by atoms with E-state index in [1.165, 1.54) is 25.7 Å². The molecule has 8 heteroatoms. The zero-order chi connectivity index (χ0) is 27.5. The molecule has 2 aliphatic heterocycles. The lowest BCUT2D eigenvalue weighted by molar-refractivity contribution is -0.248. The highest BCUT2D eigenvalue weighted by Crippen LogP contribution is 2.67. The Morgan fingerprint density at radius 3 is 2.53 bits per heavy atom. The highest BCUT2D eigenvalue weighted by molar-refractivity contribution is 6.05. The Bertz CT molecular complexity index is 979. The van der Waals surface area contributed by atoms with E-state index in [1.807, 2.05) is 6.92 Å². The number of unbranched alkanes of at least 4 members (excludes halogenated alkanes) is 6. The van der Waals surface area contributed by atoms with Gasteiger partial charge in [0.15, 0.2) is 11.4 Å². The van der Waals surface area contributed by atoms with E-state index in [2.05, 4.69) is 20.4 Å². The number of epoxide rings is 1. The predicted molar refractivity (Wildman–Crippen MR) is 140 cm³/mol. The summed E-state index contributed by atoms with van der Waals surface area (Å²) in [7, 11) is 0. The number of hydrogen-bond donors (Lipinski definition) is 3. The molecule has 2 saturated heterocycles. The SMILES string of the molecule is C=C(C)[C@]12C[C@H](C)[C@]3(OCCCCCCCCC)[C@H]([C@H]1OCO2)[C@@H]1O[C@]1(CO)[C@@H](O)[C@]1(O)C(=O)C(C)=C[C@H]13. The van der Waals surface area contributed by atoms with E-state index >= 15 is 0 Å². The summed E-state index contributed by atoms with van der Waals surface area (Å²) in [6, 6.07) is 0. The minimum atomic E-state index is -2.17. The maximum atomic E-state index is 13.5. The second-order valence-electron chi connectivity index (χ2n) is 12.5. The van der Waals surface area contributed by atoms with Gasteiger partial charge in [0.25, 0.3) is 0 Å². The Kier molecular flexibility index (Phi) is 7.51. The summed E-state index contributed by atoms with van der Waals surface area (Å²) < 4.78 is 25.6. The van der Waals surface area contributed by atoms with Gasteiger partial charge in [0, 0.05) is 18.4 Å². The van der Waals surface area contributed by atoms with E-state index in [-0.39, 0.29) is 12.7 Å². The van der Waals surface area contributed by atoms with E-state index in [4.69, 9.17) is 18.9 Å². The van der Waals surface area contributed by atoms with Crippen LogP contribution in [0, 0.1) is 17.8 Å². The van der Waals surface area contributed by atoms with Gasteiger partial charge in [-0.2, -0.15) is 0 Å². The number of hydrogen-bond acceptors (Lipinski definition) is 8. The average molecular weight is 535 g/mol. The third-order valence-corrected chi connectivity index (χ3v) is 10.4. The second kappa shape index (κ2) is 10.1. The molecule has 10 atom stereocenters. The number of aliphatic hydroxyl groups excluding tert-OH is 2. The van der Waals surface area contributed by atoms with Crippen molar-refractivity contribution in [2.24, 2.45) is 17.8 Å². The summed E-state index contributed by atoms with van der Waals surface area (Å²) in [6.07, 6.45) is 7.41. The predicted octanol–water partition coefficient (Wildman–Crippen LogP) is 3.22. The van der Waals surface area contributed by atoms with Crippen LogP contribution in [0.3, 0.4) is 0 Å². The number of rotatable bonds is 11. The molecule has 3 aliphatic carbocycles. The molecule has 0 aromatic carbocycles. The molecular formula is C30H46O8. The van der Waals surface area contributed by atoms with Crippen molar-refractivity contribution >= 4 is 5.78 Å². The first-order valence-electron chi connectivity index (χ1n) is 14.6. The van der Waals surface area contributed by atoms with Gasteiger partial charge >= 0.3 is 0 Å². The number of carbonyl (C=O) groups is 1. The van der Waals surface area contributed by atoms with Crippen molar-refractivity contribution in [1.29, 1.82) is 0 Å². The molecule has 4 fully saturated rings. The number of fused-ring (bicyclic) bond motifs is 7. The Morgan fingerprint density at radius 2 is 1.87 bits per heavy atom. The Hall–Kier alpha value is -1.13. The van der Waals surface area contributed by atoms with Crippen LogP contribution in [0.25, 0.3) is 0 Å². The molecule has 0 aromatic heterocycles. The summed E-state index contributed by atoms with van der Waals surface area (Å²) in [5.41, 5.74) is -4.31. The maximum absolute atomic E-state index is 13.5. The third-order valence-electron chi connectivity index (χ3n) is 10.4. The van der Waals surface area contributed by atoms with Crippen molar-refractivity contribution < 1.29 is 39.1 Å². The number of ketones is 1. The monoisotopic (exact) mass is 534 g/mol. The zero-order valence-electron chi connectivity index (χ0n) is 23.4. The van der Waals surface area contributed by atoms with Crippen molar-refractivity contribution in [3.05, 3.63) is 23.8 Å². The Morgan fingerprint density at radius 1 is 1.18 bits per heavy atom. The van der Waals surface area contributed by atoms with Crippen LogP contribution >= 0.6 is 0 Å². The van der Waals surface area contributed by atoms with Crippen LogP contribution in [0.15, 0.2) is 23.8 Å². The van der Waals surface area contributed by atoms with E-state index in [0.717, 1.165) is 24.8 Å². The van der Waals surface area contributed by atoms with Crippen molar-refractivity contribution in [1.82, 2.24) is 0 Å². The molecule has 2 heterocycles. The molecule has 0 radical (unpaired) electrons. The van der Waals surface area contributed by atoms with Crippen LogP contribution in [0.1, 0.15) is 79.1 Å². The lowest BCUT2D eigenvalue weighted by Crippen LogP contribution is -2.70. The zero-order valence-corrected chi connectivity index (χ0v) is 23.4. The second-order valence-corrected chi connectivity index (χ2v) is 12.5. The number of ether oxygens (including phenoxy) is 4. The van der Waals surface area contributed by atoms with Gasteiger partial charge in [-0.15, -0.1) is 0 Å². The van der Waals surface area contributed by atoms with Crippen LogP contribution in [-0.4, -0.2) is 81.8 Å². The number of aliphatic hydroxyl groups is 3. The molecule has 0 spiro atoms. The largest absolute Gasteiger partial charge is 0.393 e. The minimum absolute atomic E-state index is 0.0821. The molecule has 214 valence electrons. The fourth-order valence-corrected chi connectivity index (χ4v) is 8.33. The molecule has 5 aliphatic rings. The first-order valence-corrected chi connectivity index (χ1v) is 14.6. The van der Waals surface area contributed by atoms with Crippen LogP contribution in [0.5, 0.6) is 0 Å². The number of Topliss-reactive ketones (excluding diaryl/α,β-unsaturated/α-hetero) is 1. The van der Waals surface area contributed by atoms with Gasteiger partial charge in [0.2, 0.25) is 0 Å². The third kappa shape index (κ3) is 3.71. The highest BCUT2D eigenvalue weighted by Gasteiger charge is 2.84. The topological polar surface area (TPSA) is 118 Å². The fourth-order valence-electron chi connectivity index (χ4n) is 8.33. The normalized spacial score (nSPS) is 47.0. The summed E-state index contributed by atoms with van der Waals surface area (Å²) in [5.74, 6) is -2.08. The van der Waals surface area contributed by atoms with Crippen LogP contribution < -0.4 is 0 Å². The van der Waals surface area contributed by atoms with Gasteiger partial charge in [-0.05, 0) is 43.8 Å². The fraction of sp³-hybridized carbons (Fsp3) is 0.833. The molecule has 0 bridgehead atoms. The molecular weight excluding hydrogens is 488 g/mol. The number of carbonyl (C=O) groups excluding carboxylic acids is 1. The quantitative estimate of drug-likeness (QED) is 0.210. The Balaban J connectivity index is 1.55. The summed E-state index contributed by atoms with van der Waals surface area (Å²) >= 11 is 0. The van der Waals surface area contributed by atoms with Gasteiger partial charge < -0.3 is 34.3 Å². The van der Waals surface area contributed by atoms with Gasteiger partial charge in [0.05, 0.1) is 12.2 Å². The van der Waals surface area contributed by atoms with Crippen LogP contribution in [0.2, 0.25) is 0 Å². The van der Waals surface area contributed by atoms with Gasteiger partial charge in [-0.25, -0.2) is 0 Å². The van der Waals surface area contributed by atoms with Crippen molar-refractivity contribution in [3.8, 4) is 0 Å². The molecule has 8 nitrogen and oxygen atoms in total. The van der Waals surface area contributed by atoms with E-state index in [0.29, 0.717) is 18.6 Å². The van der Waals surface area contributed by atoms with E-state index < -0.39 is 64.9 Å². The molecule has 0 unspecified atom stereocenters. The molecule has 2 saturated carbocycles. The van der Waals surface area contributed by atoms with Crippen molar-refractivity contribution in [2.45, 2.75) is 120 Å². The van der Waals surface area contributed by atoms with Gasteiger partial charge in [-0.3, -0.25) is 4.79 Å². The molecule has 5 rings (SSSR count). The first-order chi connectivity index (χ1) is 18.1. The summed E-state index contributed by atoms with van der Waals surface area (Å²) in [4.78, 5) is 13.5. The first kappa shape index (κ1) is 28.4. The maximum Gasteiger partial charge on any atom is 0.193 e. The van der Waals surface area contributed by atoms with E-state index in [1.54, 1.807) is 13.0 Å². The highest BCUT2D eigenvalue weighted by atomic mass is 16.7. The molecule has 0 aromatic rings.